The summed E-state index contributed by atoms with van der Waals surface area (Å²) in [6, 6.07) is 7.75. The number of carbonyl (C=O) groups is 1. The topological polar surface area (TPSA) is 106 Å². The molecule has 3 N–H and O–H groups in total. The van der Waals surface area contributed by atoms with Crippen molar-refractivity contribution in [2.75, 3.05) is 11.5 Å². The Balaban J connectivity index is 1.78. The molecule has 0 atom stereocenters. The molecule has 1 aromatic heterocycles. The summed E-state index contributed by atoms with van der Waals surface area (Å²) < 4.78 is 67.8. The molecule has 0 radical (unpaired) electrons. The van der Waals surface area contributed by atoms with Crippen LogP contribution in [0.2, 0.25) is 0 Å². The molecule has 0 aliphatic carbocycles. The van der Waals surface area contributed by atoms with Crippen LogP contribution in [-0.4, -0.2) is 47.8 Å². The smallest absolute Gasteiger partial charge is 0.387 e. The number of hydrogen-bond donors (Lipinski definition) is 3. The van der Waals surface area contributed by atoms with Crippen molar-refractivity contribution in [3.05, 3.63) is 58.3 Å². The summed E-state index contributed by atoms with van der Waals surface area (Å²) in [4.78, 5) is 26.4. The molecule has 0 bridgehead atoms. The lowest BCUT2D eigenvalue weighted by molar-refractivity contribution is -0.0498. The molecule has 2 aromatic carbocycles. The maximum atomic E-state index is 15.9. The predicted octanol–water partition coefficient (Wildman–Crippen LogP) is 5.15. The second-order valence-electron chi connectivity index (χ2n) is 9.48. The largest absolute Gasteiger partial charge is 0.435 e. The summed E-state index contributed by atoms with van der Waals surface area (Å²) in [6.07, 6.45) is 0.657. The minimum absolute atomic E-state index is 0.0918. The predicted molar refractivity (Wildman–Crippen MR) is 132 cm³/mol. The number of nitrogens with one attached hydrogen (secondary N) is 1. The van der Waals surface area contributed by atoms with E-state index in [-0.39, 0.29) is 39.5 Å². The molecule has 0 saturated carbocycles. The zero-order valence-electron chi connectivity index (χ0n) is 20.0. The van der Waals surface area contributed by atoms with Gasteiger partial charge in [0.25, 0.3) is 5.91 Å². The Morgan fingerprint density at radius 1 is 1.17 bits per heavy atom. The molecule has 12 heteroatoms. The summed E-state index contributed by atoms with van der Waals surface area (Å²) in [5, 5.41) is 2.81. The number of benzene rings is 2. The Morgan fingerprint density at radius 2 is 1.83 bits per heavy atom. The van der Waals surface area contributed by atoms with E-state index in [0.29, 0.717) is 12.8 Å². The highest BCUT2D eigenvalue weighted by atomic mass is 32.3. The van der Waals surface area contributed by atoms with Crippen LogP contribution in [0.15, 0.2) is 41.2 Å². The molecule has 1 amide bonds. The van der Waals surface area contributed by atoms with Crippen molar-refractivity contribution in [1.29, 1.82) is 0 Å². The van der Waals surface area contributed by atoms with Gasteiger partial charge in [0, 0.05) is 29.2 Å². The molecular weight excluding hydrogens is 499 g/mol. The maximum Gasteiger partial charge on any atom is 0.387 e. The van der Waals surface area contributed by atoms with Crippen LogP contribution in [0, 0.1) is 5.82 Å². The molecule has 196 valence electrons. The molecule has 1 saturated heterocycles. The first kappa shape index (κ1) is 26.1. The average molecular weight is 528 g/mol. The molecule has 1 aliphatic rings. The maximum absolute atomic E-state index is 15.9. The van der Waals surface area contributed by atoms with E-state index in [1.807, 2.05) is 0 Å². The van der Waals surface area contributed by atoms with Crippen LogP contribution in [0.3, 0.4) is 0 Å². The molecule has 0 spiro atoms. The summed E-state index contributed by atoms with van der Waals surface area (Å²) in [6.45, 7) is 2.10. The van der Waals surface area contributed by atoms with Gasteiger partial charge in [-0.25, -0.2) is 9.18 Å². The molecular formula is C24H28F3N3O5S. The van der Waals surface area contributed by atoms with Crippen molar-refractivity contribution in [1.82, 2.24) is 14.5 Å². The Hall–Kier alpha value is -2.96. The molecule has 2 heterocycles. The number of hydrogen-bond acceptors (Lipinski definition) is 5. The number of aromatic nitrogens is 2. The fraction of sp³-hybridized carbons (Fsp3) is 0.417. The lowest BCUT2D eigenvalue weighted by Crippen LogP contribution is -2.50. The summed E-state index contributed by atoms with van der Waals surface area (Å²) >= 11 is 0. The van der Waals surface area contributed by atoms with Gasteiger partial charge in [0.2, 0.25) is 0 Å². The van der Waals surface area contributed by atoms with E-state index in [4.69, 9.17) is 0 Å². The zero-order valence-corrected chi connectivity index (χ0v) is 20.8. The third kappa shape index (κ3) is 4.97. The minimum Gasteiger partial charge on any atom is -0.435 e. The highest BCUT2D eigenvalue weighted by molar-refractivity contribution is 8.24. The van der Waals surface area contributed by atoms with Gasteiger partial charge < -0.3 is 10.1 Å². The first-order chi connectivity index (χ1) is 16.8. The first-order valence-electron chi connectivity index (χ1n) is 11.4. The van der Waals surface area contributed by atoms with Gasteiger partial charge in [-0.3, -0.25) is 23.0 Å². The molecule has 1 fully saturated rings. The average Bonchev–Trinajstić information content (AvgIpc) is 3.09. The van der Waals surface area contributed by atoms with E-state index < -0.39 is 46.2 Å². The SMILES string of the molecule is CC(C)n1c(=O)n(-c2cccc(OC(F)F)c2)c2ccc(C(=O)NC3(C)CCS(O)(O)CC3)c(F)c21. The van der Waals surface area contributed by atoms with Crippen LogP contribution in [0.4, 0.5) is 13.2 Å². The van der Waals surface area contributed by atoms with Crippen molar-refractivity contribution in [2.45, 2.75) is 51.8 Å². The standard InChI is InChI=1S/C24H28F3N3O5S/c1-14(2)29-20-18(30(23(29)32)15-5-4-6-16(13-15)35-22(26)27)8-7-17(19(20)25)21(31)28-24(3)9-11-36(33,34)12-10-24/h4-8,13-14,22,33-34H,9-12H2,1-3H3,(H,28,31). The minimum atomic E-state index is -3.05. The van der Waals surface area contributed by atoms with Gasteiger partial charge in [-0.15, -0.1) is 0 Å². The van der Waals surface area contributed by atoms with Gasteiger partial charge in [0.1, 0.15) is 11.3 Å². The fourth-order valence-corrected chi connectivity index (χ4v) is 6.20. The van der Waals surface area contributed by atoms with E-state index in [1.165, 1.54) is 45.5 Å². The number of imidazole rings is 1. The number of rotatable bonds is 6. The molecule has 8 nitrogen and oxygen atoms in total. The van der Waals surface area contributed by atoms with Gasteiger partial charge in [-0.1, -0.05) is 6.07 Å². The lowest BCUT2D eigenvalue weighted by Gasteiger charge is -2.44. The highest BCUT2D eigenvalue weighted by Crippen LogP contribution is 2.47. The van der Waals surface area contributed by atoms with Gasteiger partial charge in [0.05, 0.1) is 16.8 Å². The number of alkyl halides is 2. The molecule has 0 unspecified atom stereocenters. The van der Waals surface area contributed by atoms with Crippen molar-refractivity contribution in [2.24, 2.45) is 0 Å². The van der Waals surface area contributed by atoms with Gasteiger partial charge in [0.15, 0.2) is 5.82 Å². The number of carbonyl (C=O) groups excluding carboxylic acids is 1. The second kappa shape index (κ2) is 9.49. The van der Waals surface area contributed by atoms with E-state index >= 15 is 4.39 Å². The van der Waals surface area contributed by atoms with Gasteiger partial charge in [-0.2, -0.15) is 19.4 Å². The number of fused-ring (bicyclic) bond motifs is 1. The van der Waals surface area contributed by atoms with Crippen molar-refractivity contribution < 1.29 is 31.8 Å². The summed E-state index contributed by atoms with van der Waals surface area (Å²) in [7, 11) is -2.66. The molecule has 36 heavy (non-hydrogen) atoms. The Bertz CT molecular complexity index is 1360. The summed E-state index contributed by atoms with van der Waals surface area (Å²) in [5.41, 5.74) is -1.33. The van der Waals surface area contributed by atoms with Crippen molar-refractivity contribution >= 4 is 27.5 Å². The van der Waals surface area contributed by atoms with E-state index in [9.17, 15) is 27.5 Å². The number of amides is 1. The van der Waals surface area contributed by atoms with Gasteiger partial charge >= 0.3 is 12.3 Å². The van der Waals surface area contributed by atoms with Crippen LogP contribution >= 0.6 is 10.6 Å². The number of nitrogens with zero attached hydrogens (tertiary/aromatic N) is 2. The molecule has 4 rings (SSSR count). The van der Waals surface area contributed by atoms with Crippen molar-refractivity contribution in [3.63, 3.8) is 0 Å². The fourth-order valence-electron chi connectivity index (χ4n) is 4.44. The van der Waals surface area contributed by atoms with E-state index in [2.05, 4.69) is 10.1 Å². The van der Waals surface area contributed by atoms with Crippen LogP contribution in [-0.2, 0) is 0 Å². The number of halogens is 3. The van der Waals surface area contributed by atoms with E-state index in [1.54, 1.807) is 20.8 Å². The third-order valence-electron chi connectivity index (χ3n) is 6.41. The Morgan fingerprint density at radius 3 is 2.44 bits per heavy atom. The Labute approximate surface area is 207 Å². The highest BCUT2D eigenvalue weighted by Gasteiger charge is 2.35. The van der Waals surface area contributed by atoms with Crippen molar-refractivity contribution in [3.8, 4) is 11.4 Å². The normalized spacial score (nSPS) is 17.9. The Kier molecular flexibility index (Phi) is 6.88. The van der Waals surface area contributed by atoms with Crippen LogP contribution in [0.5, 0.6) is 5.75 Å². The van der Waals surface area contributed by atoms with Gasteiger partial charge in [-0.05, 0) is 57.9 Å². The second-order valence-corrected chi connectivity index (χ2v) is 11.9. The monoisotopic (exact) mass is 527 g/mol. The summed E-state index contributed by atoms with van der Waals surface area (Å²) in [5.74, 6) is -1.44. The van der Waals surface area contributed by atoms with Crippen LogP contribution < -0.4 is 15.7 Å². The molecule has 1 aliphatic heterocycles. The molecule has 3 aromatic rings. The van der Waals surface area contributed by atoms with Crippen LogP contribution in [0.1, 0.15) is 50.0 Å². The quantitative estimate of drug-likeness (QED) is 0.411. The lowest BCUT2D eigenvalue weighted by atomic mass is 9.94. The zero-order chi connectivity index (χ0) is 26.4. The van der Waals surface area contributed by atoms with Crippen LogP contribution in [0.25, 0.3) is 16.7 Å². The number of ether oxygens (including phenoxy) is 1. The third-order valence-corrected chi connectivity index (χ3v) is 8.13. The first-order valence-corrected chi connectivity index (χ1v) is 13.3. The van der Waals surface area contributed by atoms with E-state index in [0.717, 1.165) is 0 Å².